The van der Waals surface area contributed by atoms with Crippen LogP contribution >= 0.6 is 11.3 Å². The Labute approximate surface area is 127 Å². The van der Waals surface area contributed by atoms with Gasteiger partial charge in [0.1, 0.15) is 12.1 Å². The molecule has 2 aliphatic heterocycles. The lowest BCUT2D eigenvalue weighted by Gasteiger charge is -2.35. The number of aliphatic hydroxyl groups excluding tert-OH is 1. The van der Waals surface area contributed by atoms with Crippen molar-refractivity contribution in [3.63, 3.8) is 0 Å². The van der Waals surface area contributed by atoms with Crippen LogP contribution in [0.1, 0.15) is 18.2 Å². The van der Waals surface area contributed by atoms with E-state index in [1.54, 1.807) is 16.2 Å². The van der Waals surface area contributed by atoms with E-state index in [1.165, 1.54) is 11.8 Å². The lowest BCUT2D eigenvalue weighted by Crippen LogP contribution is -2.64. The first kappa shape index (κ1) is 14.5. The average Bonchev–Trinajstić information content (AvgIpc) is 3.09. The number of nitrogens with zero attached hydrogens (tertiary/aromatic N) is 1. The molecule has 0 bridgehead atoms. The lowest BCUT2D eigenvalue weighted by molar-refractivity contribution is -0.149. The third kappa shape index (κ3) is 2.81. The molecule has 1 aromatic rings. The van der Waals surface area contributed by atoms with Gasteiger partial charge in [0.15, 0.2) is 0 Å². The largest absolute Gasteiger partial charge is 0.391 e. The van der Waals surface area contributed by atoms with Crippen LogP contribution in [0.2, 0.25) is 0 Å². The Morgan fingerprint density at radius 2 is 2.38 bits per heavy atom. The standard InChI is InChI=1S/C14H19N3O3S/c1-8(18)12-14(20)17-7-9(5-11(17)13(19)16-12)15-6-10-3-2-4-21-10/h2-4,8-9,11-12,15,18H,5-7H2,1H3,(H,16,19)/t8-,9-,11-,12+/m0/s1. The molecule has 3 rings (SSSR count). The summed E-state index contributed by atoms with van der Waals surface area (Å²) in [6.07, 6.45) is -0.254. The minimum atomic E-state index is -0.875. The molecule has 3 heterocycles. The molecule has 1 aromatic heterocycles. The fourth-order valence-corrected chi connectivity index (χ4v) is 3.61. The van der Waals surface area contributed by atoms with E-state index in [9.17, 15) is 14.7 Å². The quantitative estimate of drug-likeness (QED) is 0.712. The second-order valence-corrected chi connectivity index (χ2v) is 6.66. The number of nitrogens with one attached hydrogen (secondary N) is 2. The molecule has 2 amide bonds. The third-order valence-corrected chi connectivity index (χ3v) is 4.95. The molecule has 2 aliphatic rings. The molecular weight excluding hydrogens is 290 g/mol. The minimum Gasteiger partial charge on any atom is -0.391 e. The van der Waals surface area contributed by atoms with Crippen molar-refractivity contribution in [2.75, 3.05) is 6.54 Å². The first-order chi connectivity index (χ1) is 10.1. The molecule has 0 unspecified atom stereocenters. The molecule has 6 nitrogen and oxygen atoms in total. The van der Waals surface area contributed by atoms with Crippen molar-refractivity contribution in [3.8, 4) is 0 Å². The maximum absolute atomic E-state index is 12.3. The summed E-state index contributed by atoms with van der Waals surface area (Å²) in [5.74, 6) is -0.351. The van der Waals surface area contributed by atoms with Crippen LogP contribution in [0.5, 0.6) is 0 Å². The molecule has 21 heavy (non-hydrogen) atoms. The Bertz CT molecular complexity index is 532. The first-order valence-electron chi connectivity index (χ1n) is 7.11. The predicted molar refractivity (Wildman–Crippen MR) is 78.7 cm³/mol. The van der Waals surface area contributed by atoms with Crippen molar-refractivity contribution >= 4 is 23.2 Å². The highest BCUT2D eigenvalue weighted by Gasteiger charge is 2.47. The Morgan fingerprint density at radius 3 is 3.05 bits per heavy atom. The molecule has 4 atom stereocenters. The van der Waals surface area contributed by atoms with Gasteiger partial charge in [0.25, 0.3) is 0 Å². The number of hydrogen-bond acceptors (Lipinski definition) is 5. The second kappa shape index (κ2) is 5.75. The molecule has 114 valence electrons. The molecule has 7 heteroatoms. The Kier molecular flexibility index (Phi) is 3.97. The van der Waals surface area contributed by atoms with Crippen LogP contribution < -0.4 is 10.6 Å². The SMILES string of the molecule is C[C@H](O)[C@H]1NC(=O)[C@@H]2C[C@H](NCc3cccs3)CN2C1=O. The van der Waals surface area contributed by atoms with E-state index in [4.69, 9.17) is 0 Å². The molecular formula is C14H19N3O3S. The summed E-state index contributed by atoms with van der Waals surface area (Å²) in [6.45, 7) is 2.79. The average molecular weight is 309 g/mol. The highest BCUT2D eigenvalue weighted by Crippen LogP contribution is 2.24. The van der Waals surface area contributed by atoms with Gasteiger partial charge in [0.05, 0.1) is 6.10 Å². The summed E-state index contributed by atoms with van der Waals surface area (Å²) in [7, 11) is 0. The molecule has 0 radical (unpaired) electrons. The Morgan fingerprint density at radius 1 is 1.57 bits per heavy atom. The van der Waals surface area contributed by atoms with Gasteiger partial charge >= 0.3 is 0 Å². The zero-order valence-corrected chi connectivity index (χ0v) is 12.6. The molecule has 3 N–H and O–H groups in total. The lowest BCUT2D eigenvalue weighted by atomic mass is 10.0. The molecule has 2 fully saturated rings. The molecule has 0 aliphatic carbocycles. The monoisotopic (exact) mass is 309 g/mol. The van der Waals surface area contributed by atoms with Crippen molar-refractivity contribution < 1.29 is 14.7 Å². The van der Waals surface area contributed by atoms with E-state index >= 15 is 0 Å². The van der Waals surface area contributed by atoms with Crippen LogP contribution in [-0.4, -0.2) is 52.6 Å². The van der Waals surface area contributed by atoms with Gasteiger partial charge in [-0.15, -0.1) is 11.3 Å². The van der Waals surface area contributed by atoms with Crippen molar-refractivity contribution in [2.45, 2.75) is 44.1 Å². The molecule has 0 aromatic carbocycles. The number of hydrogen-bond donors (Lipinski definition) is 3. The summed E-state index contributed by atoms with van der Waals surface area (Å²) < 4.78 is 0. The van der Waals surface area contributed by atoms with Crippen molar-refractivity contribution in [3.05, 3.63) is 22.4 Å². The van der Waals surface area contributed by atoms with Crippen LogP contribution in [0.25, 0.3) is 0 Å². The molecule has 2 saturated heterocycles. The van der Waals surface area contributed by atoms with Crippen LogP contribution in [0.3, 0.4) is 0 Å². The molecule has 0 spiro atoms. The summed E-state index contributed by atoms with van der Waals surface area (Å²) >= 11 is 1.68. The number of carbonyl (C=O) groups excluding carboxylic acids is 2. The maximum atomic E-state index is 12.3. The second-order valence-electron chi connectivity index (χ2n) is 5.63. The van der Waals surface area contributed by atoms with E-state index < -0.39 is 18.2 Å². The topological polar surface area (TPSA) is 81.7 Å². The Balaban J connectivity index is 1.64. The summed E-state index contributed by atoms with van der Waals surface area (Å²) in [5.41, 5.74) is 0. The summed E-state index contributed by atoms with van der Waals surface area (Å²) in [4.78, 5) is 27.2. The number of piperazine rings is 1. The zero-order chi connectivity index (χ0) is 15.0. The minimum absolute atomic E-state index is 0.111. The predicted octanol–water partition coefficient (Wildman–Crippen LogP) is -0.314. The van der Waals surface area contributed by atoms with Crippen molar-refractivity contribution in [1.29, 1.82) is 0 Å². The van der Waals surface area contributed by atoms with Crippen molar-refractivity contribution in [1.82, 2.24) is 15.5 Å². The van der Waals surface area contributed by atoms with Gasteiger partial charge in [0.2, 0.25) is 11.8 Å². The number of fused-ring (bicyclic) bond motifs is 1. The van der Waals surface area contributed by atoms with Crippen LogP contribution in [0.4, 0.5) is 0 Å². The third-order valence-electron chi connectivity index (χ3n) is 4.08. The van der Waals surface area contributed by atoms with Crippen molar-refractivity contribution in [2.24, 2.45) is 0 Å². The van der Waals surface area contributed by atoms with Gasteiger partial charge in [-0.1, -0.05) is 6.07 Å². The van der Waals surface area contributed by atoms with E-state index in [0.29, 0.717) is 13.0 Å². The number of aliphatic hydroxyl groups is 1. The number of thiophene rings is 1. The van der Waals surface area contributed by atoms with Crippen LogP contribution in [-0.2, 0) is 16.1 Å². The highest BCUT2D eigenvalue weighted by molar-refractivity contribution is 7.09. The zero-order valence-electron chi connectivity index (χ0n) is 11.8. The number of carbonyl (C=O) groups is 2. The fourth-order valence-electron chi connectivity index (χ4n) is 2.95. The smallest absolute Gasteiger partial charge is 0.248 e. The van der Waals surface area contributed by atoms with E-state index in [2.05, 4.69) is 16.7 Å². The van der Waals surface area contributed by atoms with Gasteiger partial charge in [-0.2, -0.15) is 0 Å². The van der Waals surface area contributed by atoms with Gasteiger partial charge in [-0.05, 0) is 24.8 Å². The van der Waals surface area contributed by atoms with Crippen LogP contribution in [0, 0.1) is 0 Å². The van der Waals surface area contributed by atoms with Gasteiger partial charge in [-0.25, -0.2) is 0 Å². The normalized spacial score (nSPS) is 30.2. The molecule has 0 saturated carbocycles. The fraction of sp³-hybridized carbons (Fsp3) is 0.571. The Hall–Kier alpha value is -1.44. The number of amides is 2. The van der Waals surface area contributed by atoms with Gasteiger partial charge in [0, 0.05) is 24.0 Å². The van der Waals surface area contributed by atoms with Gasteiger partial charge < -0.3 is 20.6 Å². The highest BCUT2D eigenvalue weighted by atomic mass is 32.1. The summed E-state index contributed by atoms with van der Waals surface area (Å²) in [5, 5.41) is 17.7. The first-order valence-corrected chi connectivity index (χ1v) is 7.99. The van der Waals surface area contributed by atoms with E-state index in [1.807, 2.05) is 11.4 Å². The maximum Gasteiger partial charge on any atom is 0.248 e. The number of rotatable bonds is 4. The van der Waals surface area contributed by atoms with E-state index in [0.717, 1.165) is 6.54 Å². The van der Waals surface area contributed by atoms with E-state index in [-0.39, 0.29) is 17.9 Å². The van der Waals surface area contributed by atoms with Crippen LogP contribution in [0.15, 0.2) is 17.5 Å². The van der Waals surface area contributed by atoms with Gasteiger partial charge in [-0.3, -0.25) is 9.59 Å². The summed E-state index contributed by atoms with van der Waals surface area (Å²) in [6, 6.07) is 2.95.